The van der Waals surface area contributed by atoms with Gasteiger partial charge in [-0.25, -0.2) is 0 Å². The Labute approximate surface area is 120 Å². The molecular weight excluding hydrogens is 264 g/mol. The molecule has 2 aliphatic heterocycles. The van der Waals surface area contributed by atoms with E-state index in [1.165, 1.54) is 0 Å². The van der Waals surface area contributed by atoms with Crippen molar-refractivity contribution >= 4 is 18.2 Å². The number of piperidine rings is 1. The highest BCUT2D eigenvalue weighted by molar-refractivity contribution is 5.90. The third-order valence-corrected chi connectivity index (χ3v) is 4.08. The van der Waals surface area contributed by atoms with Gasteiger partial charge in [-0.3, -0.25) is 4.79 Å². The number of hydrogen-bond acceptors (Lipinski definition) is 4. The monoisotopic (exact) mass is 284 g/mol. The third kappa shape index (κ3) is 3.19. The van der Waals surface area contributed by atoms with Gasteiger partial charge < -0.3 is 15.4 Å². The summed E-state index contributed by atoms with van der Waals surface area (Å²) in [6, 6.07) is 0.559. The lowest BCUT2D eigenvalue weighted by Gasteiger charge is -2.27. The van der Waals surface area contributed by atoms with Gasteiger partial charge >= 0.3 is 0 Å². The standard InChI is InChI=1S/C14H20N2O2.ClH/c17-14-10(1-2-11-8-18-9-13(11)14)7-16-12-3-5-15-6-4-12;/h1-2,8,10,12-13,15-16H,3-7,9H2;1H. The number of rotatable bonds is 3. The number of fused-ring (bicyclic) bond motifs is 1. The highest BCUT2D eigenvalue weighted by Gasteiger charge is 2.34. The van der Waals surface area contributed by atoms with Crippen LogP contribution < -0.4 is 10.6 Å². The number of Topliss-reactive ketones (excluding diaryl/α,β-unsaturated/α-hetero) is 1. The second kappa shape index (κ2) is 6.55. The molecule has 0 aromatic carbocycles. The van der Waals surface area contributed by atoms with Crippen LogP contribution >= 0.6 is 12.4 Å². The lowest BCUT2D eigenvalue weighted by molar-refractivity contribution is -0.124. The third-order valence-electron chi connectivity index (χ3n) is 4.08. The van der Waals surface area contributed by atoms with Gasteiger partial charge in [-0.2, -0.15) is 0 Å². The molecular formula is C14H21ClN2O2. The molecule has 2 heterocycles. The van der Waals surface area contributed by atoms with Crippen LogP contribution in [-0.4, -0.2) is 38.1 Å². The lowest BCUT2D eigenvalue weighted by atomic mass is 9.83. The number of carbonyl (C=O) groups excluding carboxylic acids is 1. The van der Waals surface area contributed by atoms with Crippen LogP contribution in [0.15, 0.2) is 24.0 Å². The molecule has 1 aliphatic carbocycles. The van der Waals surface area contributed by atoms with Crippen molar-refractivity contribution in [1.82, 2.24) is 10.6 Å². The molecule has 0 aromatic rings. The summed E-state index contributed by atoms with van der Waals surface area (Å²) in [5, 5.41) is 6.88. The Morgan fingerprint density at radius 1 is 1.37 bits per heavy atom. The zero-order chi connectivity index (χ0) is 12.4. The van der Waals surface area contributed by atoms with E-state index < -0.39 is 0 Å². The van der Waals surface area contributed by atoms with Gasteiger partial charge in [-0.05, 0) is 25.9 Å². The molecule has 3 rings (SSSR count). The van der Waals surface area contributed by atoms with Gasteiger partial charge in [0.15, 0.2) is 5.78 Å². The zero-order valence-corrected chi connectivity index (χ0v) is 11.7. The first-order chi connectivity index (χ1) is 8.84. The van der Waals surface area contributed by atoms with Crippen molar-refractivity contribution in [3.05, 3.63) is 24.0 Å². The van der Waals surface area contributed by atoms with E-state index in [1.54, 1.807) is 6.26 Å². The number of hydrogen-bond donors (Lipinski definition) is 2. The van der Waals surface area contributed by atoms with E-state index in [0.717, 1.165) is 38.0 Å². The Morgan fingerprint density at radius 3 is 2.95 bits per heavy atom. The van der Waals surface area contributed by atoms with Crippen LogP contribution in [0.25, 0.3) is 0 Å². The average molecular weight is 285 g/mol. The summed E-state index contributed by atoms with van der Waals surface area (Å²) in [7, 11) is 0. The molecule has 5 heteroatoms. The quantitative estimate of drug-likeness (QED) is 0.813. The number of ether oxygens (including phenoxy) is 1. The van der Waals surface area contributed by atoms with Gasteiger partial charge in [-0.15, -0.1) is 12.4 Å². The van der Waals surface area contributed by atoms with Gasteiger partial charge in [-0.1, -0.05) is 12.2 Å². The first kappa shape index (κ1) is 14.6. The highest BCUT2D eigenvalue weighted by atomic mass is 35.5. The molecule has 4 nitrogen and oxygen atoms in total. The van der Waals surface area contributed by atoms with Crippen LogP contribution in [0.4, 0.5) is 0 Å². The molecule has 2 unspecified atom stereocenters. The van der Waals surface area contributed by atoms with Crippen LogP contribution in [-0.2, 0) is 9.53 Å². The van der Waals surface area contributed by atoms with E-state index in [4.69, 9.17) is 4.74 Å². The summed E-state index contributed by atoms with van der Waals surface area (Å²) in [6.07, 6.45) is 8.10. The molecule has 19 heavy (non-hydrogen) atoms. The number of allylic oxidation sites excluding steroid dienone is 1. The second-order valence-corrected chi connectivity index (χ2v) is 5.30. The number of ketones is 1. The molecule has 3 aliphatic rings. The highest BCUT2D eigenvalue weighted by Crippen LogP contribution is 2.29. The molecule has 2 atom stereocenters. The Morgan fingerprint density at radius 2 is 2.16 bits per heavy atom. The van der Waals surface area contributed by atoms with Gasteiger partial charge in [0.1, 0.15) is 6.61 Å². The molecule has 0 saturated carbocycles. The maximum Gasteiger partial charge on any atom is 0.151 e. The van der Waals surface area contributed by atoms with Gasteiger partial charge in [0.2, 0.25) is 0 Å². The first-order valence-electron chi connectivity index (χ1n) is 6.82. The molecule has 0 radical (unpaired) electrons. The first-order valence-corrected chi connectivity index (χ1v) is 6.82. The van der Waals surface area contributed by atoms with Crippen molar-refractivity contribution in [3.8, 4) is 0 Å². The van der Waals surface area contributed by atoms with Gasteiger partial charge in [0, 0.05) is 24.1 Å². The van der Waals surface area contributed by atoms with Crippen molar-refractivity contribution in [3.63, 3.8) is 0 Å². The summed E-state index contributed by atoms with van der Waals surface area (Å²) in [4.78, 5) is 12.3. The predicted molar refractivity (Wildman–Crippen MR) is 76.3 cm³/mol. The minimum atomic E-state index is -0.0187. The normalized spacial score (nSPS) is 30.3. The maximum absolute atomic E-state index is 12.3. The zero-order valence-electron chi connectivity index (χ0n) is 10.9. The van der Waals surface area contributed by atoms with Crippen molar-refractivity contribution < 1.29 is 9.53 Å². The van der Waals surface area contributed by atoms with Crippen molar-refractivity contribution in [2.45, 2.75) is 18.9 Å². The molecule has 1 saturated heterocycles. The van der Waals surface area contributed by atoms with Gasteiger partial charge in [0.05, 0.1) is 12.2 Å². The van der Waals surface area contributed by atoms with Crippen LogP contribution in [0, 0.1) is 11.8 Å². The average Bonchev–Trinajstić information content (AvgIpc) is 2.88. The maximum atomic E-state index is 12.3. The van der Waals surface area contributed by atoms with E-state index in [0.29, 0.717) is 18.4 Å². The van der Waals surface area contributed by atoms with Crippen LogP contribution in [0.2, 0.25) is 0 Å². The van der Waals surface area contributed by atoms with E-state index >= 15 is 0 Å². The summed E-state index contributed by atoms with van der Waals surface area (Å²) in [5.74, 6) is 0.307. The molecule has 1 fully saturated rings. The summed E-state index contributed by atoms with van der Waals surface area (Å²) in [6.45, 7) is 3.46. The van der Waals surface area contributed by atoms with E-state index in [2.05, 4.69) is 10.6 Å². The van der Waals surface area contributed by atoms with Crippen molar-refractivity contribution in [2.75, 3.05) is 26.2 Å². The predicted octanol–water partition coefficient (Wildman–Crippen LogP) is 1.04. The largest absolute Gasteiger partial charge is 0.500 e. The fourth-order valence-electron chi connectivity index (χ4n) is 2.89. The van der Waals surface area contributed by atoms with Gasteiger partial charge in [0.25, 0.3) is 0 Å². The lowest BCUT2D eigenvalue weighted by Crippen LogP contribution is -2.43. The summed E-state index contributed by atoms with van der Waals surface area (Å²) >= 11 is 0. The molecule has 106 valence electrons. The Hall–Kier alpha value is -0.840. The summed E-state index contributed by atoms with van der Waals surface area (Å²) < 4.78 is 5.24. The molecule has 0 bridgehead atoms. The smallest absolute Gasteiger partial charge is 0.151 e. The molecule has 0 spiro atoms. The van der Waals surface area contributed by atoms with Crippen molar-refractivity contribution in [1.29, 1.82) is 0 Å². The van der Waals surface area contributed by atoms with Crippen molar-refractivity contribution in [2.24, 2.45) is 11.8 Å². The molecule has 2 N–H and O–H groups in total. The van der Waals surface area contributed by atoms with E-state index in [-0.39, 0.29) is 24.2 Å². The minimum Gasteiger partial charge on any atom is -0.500 e. The number of nitrogens with one attached hydrogen (secondary N) is 2. The fourth-order valence-corrected chi connectivity index (χ4v) is 2.89. The Kier molecular flexibility index (Phi) is 5.02. The minimum absolute atomic E-state index is 0. The van der Waals surface area contributed by atoms with Crippen LogP contribution in [0.3, 0.4) is 0 Å². The molecule has 0 aromatic heterocycles. The number of halogens is 1. The second-order valence-electron chi connectivity index (χ2n) is 5.30. The fraction of sp³-hybridized carbons (Fsp3) is 0.643. The number of carbonyl (C=O) groups is 1. The Balaban J connectivity index is 0.00000133. The Bertz CT molecular complexity index is 389. The SMILES string of the molecule is Cl.O=C1C(CNC2CCNCC2)C=CC2=COCC12. The molecule has 0 amide bonds. The van der Waals surface area contributed by atoms with Crippen LogP contribution in [0.1, 0.15) is 12.8 Å². The van der Waals surface area contributed by atoms with E-state index in [9.17, 15) is 4.79 Å². The van der Waals surface area contributed by atoms with E-state index in [1.807, 2.05) is 12.2 Å². The van der Waals surface area contributed by atoms with Crippen LogP contribution in [0.5, 0.6) is 0 Å². The topological polar surface area (TPSA) is 50.4 Å². The summed E-state index contributed by atoms with van der Waals surface area (Å²) in [5.41, 5.74) is 1.04.